The van der Waals surface area contributed by atoms with Gasteiger partial charge in [0.15, 0.2) is 0 Å². The van der Waals surface area contributed by atoms with Gasteiger partial charge in [-0.05, 0) is 60.4 Å². The van der Waals surface area contributed by atoms with Gasteiger partial charge >= 0.3 is 0 Å². The summed E-state index contributed by atoms with van der Waals surface area (Å²) in [6, 6.07) is 47.0. The third kappa shape index (κ3) is 4.19. The smallest absolute Gasteiger partial charge is 0.131 e. The van der Waals surface area contributed by atoms with Gasteiger partial charge in [0.05, 0.1) is 22.4 Å². The summed E-state index contributed by atoms with van der Waals surface area (Å²) in [4.78, 5) is 10.3. The number of hydrogen-bond acceptors (Lipinski definition) is 3. The Balaban J connectivity index is 1.22. The van der Waals surface area contributed by atoms with Crippen LogP contribution in [-0.4, -0.2) is 9.97 Å². The fourth-order valence-corrected chi connectivity index (χ4v) is 6.96. The first-order chi connectivity index (χ1) is 21.7. The number of ether oxygens (including phenoxy) is 1. The van der Waals surface area contributed by atoms with Crippen molar-refractivity contribution >= 4 is 21.8 Å². The molecule has 0 bridgehead atoms. The summed E-state index contributed by atoms with van der Waals surface area (Å²) in [5.41, 5.74) is 10.7. The molecule has 212 valence electrons. The van der Waals surface area contributed by atoms with Crippen LogP contribution in [-0.2, 0) is 5.41 Å². The lowest BCUT2D eigenvalue weighted by molar-refractivity contribution is 0.375. The van der Waals surface area contributed by atoms with E-state index in [1.807, 2.05) is 18.2 Å². The van der Waals surface area contributed by atoms with Crippen molar-refractivity contribution < 1.29 is 4.74 Å². The molecule has 3 nitrogen and oxygen atoms in total. The Bertz CT molecular complexity index is 2180. The maximum absolute atomic E-state index is 6.42. The molecule has 1 aliphatic rings. The second-order valence-corrected chi connectivity index (χ2v) is 11.6. The number of benzene rings is 5. The molecule has 5 aromatic carbocycles. The lowest BCUT2D eigenvalue weighted by atomic mass is 9.68. The van der Waals surface area contributed by atoms with E-state index in [0.29, 0.717) is 0 Å². The maximum atomic E-state index is 6.42. The van der Waals surface area contributed by atoms with Gasteiger partial charge in [-0.1, -0.05) is 111 Å². The highest BCUT2D eigenvalue weighted by atomic mass is 16.5. The highest BCUT2D eigenvalue weighted by Gasteiger charge is 2.39. The van der Waals surface area contributed by atoms with Crippen molar-refractivity contribution in [2.24, 2.45) is 0 Å². The van der Waals surface area contributed by atoms with Crippen molar-refractivity contribution in [1.29, 1.82) is 0 Å². The summed E-state index contributed by atoms with van der Waals surface area (Å²) >= 11 is 0. The van der Waals surface area contributed by atoms with Gasteiger partial charge in [0, 0.05) is 38.4 Å². The molecule has 1 aliphatic heterocycles. The largest absolute Gasteiger partial charge is 0.457 e. The number of hydrogen-bond donors (Lipinski definition) is 0. The Labute approximate surface area is 257 Å². The minimum atomic E-state index is -0.0790. The van der Waals surface area contributed by atoms with Crippen LogP contribution in [0.25, 0.3) is 55.4 Å². The SMILES string of the molecule is CCC1(CC)c2ccccc2Oc2ccc(-c3cccc(-c4ccc5ccc6ccc(-c7ccccc7)nc6c5n4)c3)cc21. The molecule has 8 rings (SSSR count). The molecular weight excluding hydrogens is 536 g/mol. The van der Waals surface area contributed by atoms with E-state index in [-0.39, 0.29) is 5.41 Å². The van der Waals surface area contributed by atoms with E-state index in [1.165, 1.54) is 16.7 Å². The van der Waals surface area contributed by atoms with Crippen LogP contribution in [0, 0.1) is 0 Å². The van der Waals surface area contributed by atoms with Crippen LogP contribution in [0.5, 0.6) is 11.5 Å². The number of fused-ring (bicyclic) bond motifs is 5. The average Bonchev–Trinajstić information content (AvgIpc) is 3.10. The molecule has 7 aromatic rings. The molecule has 0 aliphatic carbocycles. The normalized spacial score (nSPS) is 13.3. The summed E-state index contributed by atoms with van der Waals surface area (Å²) < 4.78 is 6.42. The Hall–Kier alpha value is -5.28. The fourth-order valence-electron chi connectivity index (χ4n) is 6.96. The van der Waals surface area contributed by atoms with Gasteiger partial charge in [0.2, 0.25) is 0 Å². The Morgan fingerprint density at radius 1 is 0.477 bits per heavy atom. The molecule has 0 atom stereocenters. The predicted molar refractivity (Wildman–Crippen MR) is 181 cm³/mol. The fraction of sp³-hybridized carbons (Fsp3) is 0.122. The van der Waals surface area contributed by atoms with Gasteiger partial charge in [-0.2, -0.15) is 0 Å². The molecule has 0 N–H and O–H groups in total. The lowest BCUT2D eigenvalue weighted by Gasteiger charge is -2.39. The molecule has 3 heterocycles. The van der Waals surface area contributed by atoms with Crippen molar-refractivity contribution in [1.82, 2.24) is 9.97 Å². The van der Waals surface area contributed by atoms with Crippen molar-refractivity contribution in [3.63, 3.8) is 0 Å². The van der Waals surface area contributed by atoms with Gasteiger partial charge in [-0.15, -0.1) is 0 Å². The van der Waals surface area contributed by atoms with Crippen molar-refractivity contribution in [2.45, 2.75) is 32.1 Å². The second-order valence-electron chi connectivity index (χ2n) is 11.6. The molecule has 0 radical (unpaired) electrons. The molecule has 3 heteroatoms. The van der Waals surface area contributed by atoms with E-state index in [9.17, 15) is 0 Å². The van der Waals surface area contributed by atoms with Crippen LogP contribution >= 0.6 is 0 Å². The molecule has 0 unspecified atom stereocenters. The van der Waals surface area contributed by atoms with Crippen LogP contribution in [0.4, 0.5) is 0 Å². The summed E-state index contributed by atoms with van der Waals surface area (Å²) in [5.74, 6) is 1.93. The van der Waals surface area contributed by atoms with E-state index in [2.05, 4.69) is 129 Å². The summed E-state index contributed by atoms with van der Waals surface area (Å²) in [6.45, 7) is 4.57. The zero-order valence-corrected chi connectivity index (χ0v) is 24.9. The number of aromatic nitrogens is 2. The molecule has 0 fully saturated rings. The van der Waals surface area contributed by atoms with Crippen LogP contribution in [0.15, 0.2) is 133 Å². The zero-order valence-electron chi connectivity index (χ0n) is 24.9. The molecular formula is C41H32N2O. The van der Waals surface area contributed by atoms with Crippen LogP contribution in [0.1, 0.15) is 37.8 Å². The third-order valence-electron chi connectivity index (χ3n) is 9.41. The van der Waals surface area contributed by atoms with Crippen molar-refractivity contribution in [2.75, 3.05) is 0 Å². The standard InChI is InChI=1S/C41H32N2O/c1-3-41(4-2)33-15-8-9-16-37(33)44-38-24-21-31(26-34(38)41)30-13-10-14-32(25-30)36-23-20-29-18-17-28-19-22-35(27-11-6-5-7-12-27)42-39(28)40(29)43-36/h5-26H,3-4H2,1-2H3. The number of rotatable bonds is 5. The summed E-state index contributed by atoms with van der Waals surface area (Å²) in [7, 11) is 0. The molecule has 2 aromatic heterocycles. The quantitative estimate of drug-likeness (QED) is 0.194. The minimum absolute atomic E-state index is 0.0790. The number of para-hydroxylation sites is 1. The number of nitrogens with zero attached hydrogens (tertiary/aromatic N) is 2. The molecule has 0 amide bonds. The van der Waals surface area contributed by atoms with E-state index in [0.717, 1.165) is 74.2 Å². The van der Waals surface area contributed by atoms with Gasteiger partial charge in [-0.25, -0.2) is 9.97 Å². The van der Waals surface area contributed by atoms with Gasteiger partial charge in [0.25, 0.3) is 0 Å². The predicted octanol–water partition coefficient (Wildman–Crippen LogP) is 11.0. The van der Waals surface area contributed by atoms with Crippen LogP contribution in [0.2, 0.25) is 0 Å². The Morgan fingerprint density at radius 2 is 1.05 bits per heavy atom. The van der Waals surface area contributed by atoms with Gasteiger partial charge < -0.3 is 4.74 Å². The van der Waals surface area contributed by atoms with E-state index < -0.39 is 0 Å². The highest BCUT2D eigenvalue weighted by molar-refractivity contribution is 6.04. The summed E-state index contributed by atoms with van der Waals surface area (Å²) in [6.07, 6.45) is 2.02. The lowest BCUT2D eigenvalue weighted by Crippen LogP contribution is -2.30. The monoisotopic (exact) mass is 568 g/mol. The first-order valence-corrected chi connectivity index (χ1v) is 15.5. The van der Waals surface area contributed by atoms with Crippen molar-refractivity contribution in [3.05, 3.63) is 145 Å². The first kappa shape index (κ1) is 26.4. The third-order valence-corrected chi connectivity index (χ3v) is 9.41. The molecule has 0 spiro atoms. The minimum Gasteiger partial charge on any atom is -0.457 e. The maximum Gasteiger partial charge on any atom is 0.131 e. The van der Waals surface area contributed by atoms with Gasteiger partial charge in [-0.3, -0.25) is 0 Å². The molecule has 0 saturated carbocycles. The van der Waals surface area contributed by atoms with Gasteiger partial charge in [0.1, 0.15) is 11.5 Å². The molecule has 44 heavy (non-hydrogen) atoms. The number of pyridine rings is 2. The van der Waals surface area contributed by atoms with Crippen LogP contribution < -0.4 is 4.74 Å². The molecule has 0 saturated heterocycles. The zero-order chi connectivity index (χ0) is 29.7. The first-order valence-electron chi connectivity index (χ1n) is 15.5. The van der Waals surface area contributed by atoms with E-state index in [1.54, 1.807) is 0 Å². The Kier molecular flexibility index (Phi) is 6.27. The Morgan fingerprint density at radius 3 is 1.77 bits per heavy atom. The van der Waals surface area contributed by atoms with Crippen LogP contribution in [0.3, 0.4) is 0 Å². The second kappa shape index (κ2) is 10.5. The van der Waals surface area contributed by atoms with E-state index in [4.69, 9.17) is 14.7 Å². The topological polar surface area (TPSA) is 35.0 Å². The van der Waals surface area contributed by atoms with E-state index >= 15 is 0 Å². The average molecular weight is 569 g/mol. The summed E-state index contributed by atoms with van der Waals surface area (Å²) in [5, 5.41) is 2.17. The highest BCUT2D eigenvalue weighted by Crippen LogP contribution is 2.52. The van der Waals surface area contributed by atoms with Crippen molar-refractivity contribution in [3.8, 4) is 45.1 Å².